The standard InChI is InChI=1S/C18H24ClN3/c1-17(2)7-13-8-18(3,10-17)11-22(13)9-16-20-14-5-4-12(19)6-15(14)21-16/h4-6,13H,7-11H2,1-3H3,(H,20,21). The van der Waals surface area contributed by atoms with Crippen molar-refractivity contribution in [2.24, 2.45) is 10.8 Å². The van der Waals surface area contributed by atoms with Gasteiger partial charge in [-0.05, 0) is 48.3 Å². The number of nitrogens with zero attached hydrogens (tertiary/aromatic N) is 2. The van der Waals surface area contributed by atoms with Crippen LogP contribution in [0.1, 0.15) is 45.9 Å². The number of hydrogen-bond acceptors (Lipinski definition) is 2. The fraction of sp³-hybridized carbons (Fsp3) is 0.611. The minimum Gasteiger partial charge on any atom is -0.341 e. The second kappa shape index (κ2) is 4.72. The molecule has 1 saturated heterocycles. The van der Waals surface area contributed by atoms with E-state index >= 15 is 0 Å². The van der Waals surface area contributed by atoms with E-state index in [1.165, 1.54) is 25.8 Å². The molecule has 2 unspecified atom stereocenters. The molecule has 3 nitrogen and oxygen atoms in total. The zero-order valence-corrected chi connectivity index (χ0v) is 14.4. The molecule has 4 rings (SSSR count). The Balaban J connectivity index is 1.58. The molecule has 2 aromatic rings. The highest BCUT2D eigenvalue weighted by molar-refractivity contribution is 6.31. The number of nitrogens with one attached hydrogen (secondary N) is 1. The maximum Gasteiger partial charge on any atom is 0.121 e. The van der Waals surface area contributed by atoms with Crippen LogP contribution in [0.3, 0.4) is 0 Å². The van der Waals surface area contributed by atoms with E-state index in [1.54, 1.807) is 0 Å². The second-order valence-corrected chi connectivity index (χ2v) is 8.90. The summed E-state index contributed by atoms with van der Waals surface area (Å²) in [5.41, 5.74) is 2.99. The SMILES string of the molecule is CC1(C)CC2CC(C)(CN2Cc2nc3ccc(Cl)cc3[nH]2)C1. The molecular weight excluding hydrogens is 294 g/mol. The summed E-state index contributed by atoms with van der Waals surface area (Å²) in [6.45, 7) is 9.41. The smallest absolute Gasteiger partial charge is 0.121 e. The van der Waals surface area contributed by atoms with E-state index < -0.39 is 0 Å². The molecule has 1 N–H and O–H groups in total. The summed E-state index contributed by atoms with van der Waals surface area (Å²) in [6, 6.07) is 6.55. The number of imidazole rings is 1. The maximum absolute atomic E-state index is 6.06. The number of halogens is 1. The van der Waals surface area contributed by atoms with Crippen LogP contribution < -0.4 is 0 Å². The zero-order valence-electron chi connectivity index (χ0n) is 13.6. The first-order chi connectivity index (χ1) is 10.3. The Hall–Kier alpha value is -1.06. The van der Waals surface area contributed by atoms with Crippen LogP contribution in [0.15, 0.2) is 18.2 Å². The average molecular weight is 318 g/mol. The van der Waals surface area contributed by atoms with Gasteiger partial charge in [0.05, 0.1) is 17.6 Å². The molecule has 1 aliphatic heterocycles. The molecular formula is C18H24ClN3. The number of aromatic nitrogens is 2. The van der Waals surface area contributed by atoms with Gasteiger partial charge in [0, 0.05) is 17.6 Å². The Morgan fingerprint density at radius 3 is 2.95 bits per heavy atom. The van der Waals surface area contributed by atoms with Crippen LogP contribution in [-0.4, -0.2) is 27.5 Å². The fourth-order valence-corrected chi connectivity index (χ4v) is 5.24. The second-order valence-electron chi connectivity index (χ2n) is 8.46. The van der Waals surface area contributed by atoms with Crippen molar-refractivity contribution >= 4 is 22.6 Å². The number of benzene rings is 1. The van der Waals surface area contributed by atoms with Crippen molar-refractivity contribution in [1.29, 1.82) is 0 Å². The number of hydrogen-bond donors (Lipinski definition) is 1. The molecule has 0 radical (unpaired) electrons. The molecule has 0 amide bonds. The van der Waals surface area contributed by atoms with Crippen molar-refractivity contribution in [2.75, 3.05) is 6.54 Å². The monoisotopic (exact) mass is 317 g/mol. The van der Waals surface area contributed by atoms with E-state index in [4.69, 9.17) is 16.6 Å². The molecule has 22 heavy (non-hydrogen) atoms. The van der Waals surface area contributed by atoms with E-state index in [0.717, 1.165) is 28.4 Å². The third kappa shape index (κ3) is 2.55. The highest BCUT2D eigenvalue weighted by Gasteiger charge is 2.49. The predicted molar refractivity (Wildman–Crippen MR) is 91.0 cm³/mol. The van der Waals surface area contributed by atoms with Crippen LogP contribution >= 0.6 is 11.6 Å². The molecule has 4 heteroatoms. The minimum absolute atomic E-state index is 0.466. The van der Waals surface area contributed by atoms with Gasteiger partial charge in [-0.25, -0.2) is 4.98 Å². The first-order valence-corrected chi connectivity index (χ1v) is 8.58. The Morgan fingerprint density at radius 1 is 1.32 bits per heavy atom. The summed E-state index contributed by atoms with van der Waals surface area (Å²) in [4.78, 5) is 10.8. The Kier molecular flexibility index (Phi) is 3.11. The van der Waals surface area contributed by atoms with Gasteiger partial charge < -0.3 is 4.98 Å². The average Bonchev–Trinajstić information content (AvgIpc) is 2.86. The van der Waals surface area contributed by atoms with Gasteiger partial charge in [-0.2, -0.15) is 0 Å². The van der Waals surface area contributed by atoms with Crippen LogP contribution in [0.5, 0.6) is 0 Å². The van der Waals surface area contributed by atoms with Crippen molar-refractivity contribution in [3.05, 3.63) is 29.0 Å². The van der Waals surface area contributed by atoms with E-state index in [-0.39, 0.29) is 0 Å². The van der Waals surface area contributed by atoms with Gasteiger partial charge in [0.1, 0.15) is 5.82 Å². The number of likely N-dealkylation sites (tertiary alicyclic amines) is 1. The van der Waals surface area contributed by atoms with Crippen molar-refractivity contribution in [3.63, 3.8) is 0 Å². The first-order valence-electron chi connectivity index (χ1n) is 8.20. The van der Waals surface area contributed by atoms with Crippen LogP contribution in [-0.2, 0) is 6.54 Å². The first kappa shape index (κ1) is 14.5. The molecule has 1 saturated carbocycles. The van der Waals surface area contributed by atoms with Gasteiger partial charge in [0.15, 0.2) is 0 Å². The van der Waals surface area contributed by atoms with Crippen LogP contribution in [0.2, 0.25) is 5.02 Å². The summed E-state index contributed by atoms with van der Waals surface area (Å²) in [7, 11) is 0. The van der Waals surface area contributed by atoms with Gasteiger partial charge in [-0.3, -0.25) is 4.90 Å². The largest absolute Gasteiger partial charge is 0.341 e. The summed E-state index contributed by atoms with van der Waals surface area (Å²) in [5, 5.41) is 0.758. The summed E-state index contributed by atoms with van der Waals surface area (Å²) < 4.78 is 0. The van der Waals surface area contributed by atoms with E-state index in [2.05, 4.69) is 30.7 Å². The van der Waals surface area contributed by atoms with Gasteiger partial charge in [0.2, 0.25) is 0 Å². The third-order valence-electron chi connectivity index (χ3n) is 5.37. The van der Waals surface area contributed by atoms with Crippen molar-refractivity contribution in [3.8, 4) is 0 Å². The Morgan fingerprint density at radius 2 is 2.14 bits per heavy atom. The van der Waals surface area contributed by atoms with Crippen LogP contribution in [0.25, 0.3) is 11.0 Å². The third-order valence-corrected chi connectivity index (χ3v) is 5.60. The summed E-state index contributed by atoms with van der Waals surface area (Å²) in [5.74, 6) is 1.06. The lowest BCUT2D eigenvalue weighted by atomic mass is 9.65. The molecule has 2 atom stereocenters. The lowest BCUT2D eigenvalue weighted by Gasteiger charge is -2.39. The molecule has 2 aliphatic rings. The minimum atomic E-state index is 0.466. The fourth-order valence-electron chi connectivity index (χ4n) is 5.06. The van der Waals surface area contributed by atoms with E-state index in [1.807, 2.05) is 18.2 Å². The molecule has 2 heterocycles. The Labute approximate surface area is 137 Å². The van der Waals surface area contributed by atoms with Crippen molar-refractivity contribution in [1.82, 2.24) is 14.9 Å². The molecule has 0 spiro atoms. The van der Waals surface area contributed by atoms with Crippen LogP contribution in [0.4, 0.5) is 0 Å². The molecule has 1 aromatic heterocycles. The van der Waals surface area contributed by atoms with Crippen LogP contribution in [0, 0.1) is 10.8 Å². The molecule has 1 aliphatic carbocycles. The normalized spacial score (nSPS) is 31.0. The van der Waals surface area contributed by atoms with Gasteiger partial charge in [-0.1, -0.05) is 32.4 Å². The maximum atomic E-state index is 6.06. The molecule has 1 aromatic carbocycles. The summed E-state index contributed by atoms with van der Waals surface area (Å²) >= 11 is 6.06. The number of H-pyrrole nitrogens is 1. The highest BCUT2D eigenvalue weighted by atomic mass is 35.5. The quantitative estimate of drug-likeness (QED) is 0.876. The summed E-state index contributed by atoms with van der Waals surface area (Å²) in [6.07, 6.45) is 3.97. The number of fused-ring (bicyclic) bond motifs is 3. The highest BCUT2D eigenvalue weighted by Crippen LogP contribution is 2.52. The number of aromatic amines is 1. The van der Waals surface area contributed by atoms with E-state index in [0.29, 0.717) is 16.9 Å². The lowest BCUT2D eigenvalue weighted by Crippen LogP contribution is -2.34. The molecule has 2 fully saturated rings. The lowest BCUT2D eigenvalue weighted by molar-refractivity contribution is 0.126. The van der Waals surface area contributed by atoms with Gasteiger partial charge in [-0.15, -0.1) is 0 Å². The van der Waals surface area contributed by atoms with Crippen molar-refractivity contribution in [2.45, 2.75) is 52.6 Å². The topological polar surface area (TPSA) is 31.9 Å². The molecule has 2 bridgehead atoms. The predicted octanol–water partition coefficient (Wildman–Crippen LogP) is 4.62. The van der Waals surface area contributed by atoms with E-state index in [9.17, 15) is 0 Å². The van der Waals surface area contributed by atoms with Gasteiger partial charge >= 0.3 is 0 Å². The Bertz CT molecular complexity index is 720. The molecule has 118 valence electrons. The van der Waals surface area contributed by atoms with Gasteiger partial charge in [0.25, 0.3) is 0 Å². The zero-order chi connectivity index (χ0) is 15.5. The van der Waals surface area contributed by atoms with Crippen molar-refractivity contribution < 1.29 is 0 Å². The number of rotatable bonds is 2.